The molecule has 0 saturated heterocycles. The number of hydrogen-bond donors (Lipinski definition) is 1. The molecule has 1 aromatic carbocycles. The molecule has 0 radical (unpaired) electrons. The monoisotopic (exact) mass is 289 g/mol. The summed E-state index contributed by atoms with van der Waals surface area (Å²) in [6, 6.07) is 5.63. The Morgan fingerprint density at radius 3 is 2.44 bits per heavy atom. The molecule has 0 aliphatic rings. The smallest absolute Gasteiger partial charge is 0.156 e. The van der Waals surface area contributed by atoms with Crippen molar-refractivity contribution < 1.29 is 8.42 Å². The van der Waals surface area contributed by atoms with Crippen molar-refractivity contribution in [2.24, 2.45) is 0 Å². The third-order valence-corrected chi connectivity index (χ3v) is 5.68. The van der Waals surface area contributed by atoms with E-state index in [0.29, 0.717) is 11.6 Å². The minimum absolute atomic E-state index is 0.0980. The summed E-state index contributed by atoms with van der Waals surface area (Å²) < 4.78 is 23.1. The average Bonchev–Trinajstić information content (AvgIpc) is 2.21. The van der Waals surface area contributed by atoms with Gasteiger partial charge in [-0.1, -0.05) is 17.7 Å². The zero-order valence-corrected chi connectivity index (χ0v) is 12.8. The molecule has 102 valence electrons. The first kappa shape index (κ1) is 15.3. The third-order valence-electron chi connectivity index (χ3n) is 2.74. The number of halogens is 1. The standard InChI is InChI=1S/C13H20ClNO2S/c1-10-5-6-11(14)12(9-10)15-7-8-18(16,17)13(2,3)4/h5-6,9,15H,7-8H2,1-4H3. The van der Waals surface area contributed by atoms with Gasteiger partial charge in [0.25, 0.3) is 0 Å². The largest absolute Gasteiger partial charge is 0.383 e. The van der Waals surface area contributed by atoms with E-state index in [1.165, 1.54) is 0 Å². The SMILES string of the molecule is Cc1ccc(Cl)c(NCCS(=O)(=O)C(C)(C)C)c1. The Labute approximate surface area is 114 Å². The minimum Gasteiger partial charge on any atom is -0.383 e. The fourth-order valence-electron chi connectivity index (χ4n) is 1.40. The highest BCUT2D eigenvalue weighted by atomic mass is 35.5. The van der Waals surface area contributed by atoms with Gasteiger partial charge in [-0.3, -0.25) is 0 Å². The summed E-state index contributed by atoms with van der Waals surface area (Å²) in [6.45, 7) is 7.46. The maximum absolute atomic E-state index is 11.9. The van der Waals surface area contributed by atoms with Crippen molar-refractivity contribution in [2.75, 3.05) is 17.6 Å². The van der Waals surface area contributed by atoms with Gasteiger partial charge in [-0.25, -0.2) is 8.42 Å². The Morgan fingerprint density at radius 1 is 1.28 bits per heavy atom. The Morgan fingerprint density at radius 2 is 1.89 bits per heavy atom. The summed E-state index contributed by atoms with van der Waals surface area (Å²) in [4.78, 5) is 0. The summed E-state index contributed by atoms with van der Waals surface area (Å²) in [5.74, 6) is 0.0980. The van der Waals surface area contributed by atoms with Crippen LogP contribution in [0.3, 0.4) is 0 Å². The molecule has 0 heterocycles. The molecule has 0 aromatic heterocycles. The van der Waals surface area contributed by atoms with Crippen molar-refractivity contribution in [2.45, 2.75) is 32.4 Å². The molecule has 18 heavy (non-hydrogen) atoms. The number of aryl methyl sites for hydroxylation is 1. The van der Waals surface area contributed by atoms with Crippen molar-refractivity contribution in [3.05, 3.63) is 28.8 Å². The topological polar surface area (TPSA) is 46.2 Å². The Kier molecular flexibility index (Phi) is 4.67. The lowest BCUT2D eigenvalue weighted by Gasteiger charge is -2.19. The normalized spacial score (nSPS) is 12.5. The molecular formula is C13H20ClNO2S. The number of hydrogen-bond acceptors (Lipinski definition) is 3. The summed E-state index contributed by atoms with van der Waals surface area (Å²) in [5, 5.41) is 3.68. The van der Waals surface area contributed by atoms with Crippen LogP contribution in [-0.4, -0.2) is 25.5 Å². The van der Waals surface area contributed by atoms with Crippen LogP contribution in [-0.2, 0) is 9.84 Å². The van der Waals surface area contributed by atoms with Crippen molar-refractivity contribution in [3.8, 4) is 0 Å². The molecule has 0 fully saturated rings. The van der Waals surface area contributed by atoms with Crippen LogP contribution in [0.25, 0.3) is 0 Å². The number of benzene rings is 1. The first-order chi connectivity index (χ1) is 8.13. The van der Waals surface area contributed by atoms with Gasteiger partial charge in [0.15, 0.2) is 9.84 Å². The summed E-state index contributed by atoms with van der Waals surface area (Å²) >= 11 is 6.02. The van der Waals surface area contributed by atoms with Crippen molar-refractivity contribution in [1.82, 2.24) is 0 Å². The van der Waals surface area contributed by atoms with Crippen molar-refractivity contribution >= 4 is 27.1 Å². The second kappa shape index (κ2) is 5.49. The van der Waals surface area contributed by atoms with E-state index in [-0.39, 0.29) is 5.75 Å². The van der Waals surface area contributed by atoms with E-state index in [2.05, 4.69) is 5.32 Å². The molecule has 0 aliphatic carbocycles. The molecule has 0 saturated carbocycles. The molecule has 5 heteroatoms. The number of sulfone groups is 1. The fraction of sp³-hybridized carbons (Fsp3) is 0.538. The highest BCUT2D eigenvalue weighted by Crippen LogP contribution is 2.23. The quantitative estimate of drug-likeness (QED) is 0.925. The molecule has 0 aliphatic heterocycles. The summed E-state index contributed by atoms with van der Waals surface area (Å²) in [5.41, 5.74) is 1.86. The molecule has 0 atom stereocenters. The van der Waals surface area contributed by atoms with Gasteiger partial charge in [0.05, 0.1) is 21.2 Å². The zero-order chi connectivity index (χ0) is 14.0. The van der Waals surface area contributed by atoms with E-state index < -0.39 is 14.6 Å². The molecule has 0 amide bonds. The minimum atomic E-state index is -3.10. The van der Waals surface area contributed by atoms with Crippen LogP contribution >= 0.6 is 11.6 Å². The van der Waals surface area contributed by atoms with E-state index >= 15 is 0 Å². The second-order valence-corrected chi connectivity index (χ2v) is 8.61. The van der Waals surface area contributed by atoms with Crippen LogP contribution in [0.5, 0.6) is 0 Å². The Balaban J connectivity index is 2.65. The predicted molar refractivity (Wildman–Crippen MR) is 78.2 cm³/mol. The Bertz CT molecular complexity index is 518. The zero-order valence-electron chi connectivity index (χ0n) is 11.2. The van der Waals surface area contributed by atoms with Crippen LogP contribution in [0.4, 0.5) is 5.69 Å². The number of rotatable bonds is 4. The van der Waals surface area contributed by atoms with Gasteiger partial charge in [0.2, 0.25) is 0 Å². The van der Waals surface area contributed by atoms with Gasteiger partial charge < -0.3 is 5.32 Å². The van der Waals surface area contributed by atoms with Crippen LogP contribution in [0.2, 0.25) is 5.02 Å². The highest BCUT2D eigenvalue weighted by molar-refractivity contribution is 7.92. The molecule has 1 N–H and O–H groups in total. The molecule has 0 spiro atoms. The van der Waals surface area contributed by atoms with Crippen LogP contribution in [0, 0.1) is 6.92 Å². The third kappa shape index (κ3) is 3.89. The van der Waals surface area contributed by atoms with E-state index in [0.717, 1.165) is 11.3 Å². The van der Waals surface area contributed by atoms with E-state index in [9.17, 15) is 8.42 Å². The first-order valence-corrected chi connectivity index (χ1v) is 7.89. The van der Waals surface area contributed by atoms with Gasteiger partial charge >= 0.3 is 0 Å². The van der Waals surface area contributed by atoms with Gasteiger partial charge in [-0.15, -0.1) is 0 Å². The van der Waals surface area contributed by atoms with Gasteiger partial charge in [-0.2, -0.15) is 0 Å². The van der Waals surface area contributed by atoms with Crippen LogP contribution in [0.1, 0.15) is 26.3 Å². The predicted octanol–water partition coefficient (Wildman–Crippen LogP) is 3.27. The van der Waals surface area contributed by atoms with Crippen LogP contribution in [0.15, 0.2) is 18.2 Å². The molecule has 0 bridgehead atoms. The fourth-order valence-corrected chi connectivity index (χ4v) is 2.57. The molecule has 0 unspecified atom stereocenters. The maximum Gasteiger partial charge on any atom is 0.156 e. The second-order valence-electron chi connectivity index (χ2n) is 5.34. The van der Waals surface area contributed by atoms with E-state index in [1.807, 2.05) is 19.1 Å². The van der Waals surface area contributed by atoms with Crippen LogP contribution < -0.4 is 5.32 Å². The lowest BCUT2D eigenvalue weighted by atomic mass is 10.2. The van der Waals surface area contributed by atoms with Crippen molar-refractivity contribution in [3.63, 3.8) is 0 Å². The number of anilines is 1. The number of nitrogens with one attached hydrogen (secondary N) is 1. The van der Waals surface area contributed by atoms with Crippen molar-refractivity contribution in [1.29, 1.82) is 0 Å². The van der Waals surface area contributed by atoms with E-state index in [1.54, 1.807) is 26.8 Å². The lowest BCUT2D eigenvalue weighted by Crippen LogP contribution is -2.32. The van der Waals surface area contributed by atoms with Gasteiger partial charge in [-0.05, 0) is 45.4 Å². The van der Waals surface area contributed by atoms with E-state index in [4.69, 9.17) is 11.6 Å². The molecule has 3 nitrogen and oxygen atoms in total. The van der Waals surface area contributed by atoms with Gasteiger partial charge in [0, 0.05) is 6.54 Å². The highest BCUT2D eigenvalue weighted by Gasteiger charge is 2.28. The molecular weight excluding hydrogens is 270 g/mol. The average molecular weight is 290 g/mol. The summed E-state index contributed by atoms with van der Waals surface area (Å²) in [6.07, 6.45) is 0. The first-order valence-electron chi connectivity index (χ1n) is 5.86. The van der Waals surface area contributed by atoms with Gasteiger partial charge in [0.1, 0.15) is 0 Å². The lowest BCUT2D eigenvalue weighted by molar-refractivity contribution is 0.560. The Hall–Kier alpha value is -0.740. The maximum atomic E-state index is 11.9. The molecule has 1 rings (SSSR count). The summed E-state index contributed by atoms with van der Waals surface area (Å²) in [7, 11) is -3.10. The molecule has 1 aromatic rings.